The van der Waals surface area contributed by atoms with Gasteiger partial charge in [-0.05, 0) is 43.5 Å². The number of aromatic nitrogens is 2. The van der Waals surface area contributed by atoms with E-state index in [0.717, 1.165) is 48.9 Å². The van der Waals surface area contributed by atoms with Gasteiger partial charge in [-0.2, -0.15) is 0 Å². The summed E-state index contributed by atoms with van der Waals surface area (Å²) in [5, 5.41) is 3.04. The molecule has 1 aliphatic heterocycles. The minimum atomic E-state index is 0.0478. The first-order valence-electron chi connectivity index (χ1n) is 8.61. The first kappa shape index (κ1) is 17.2. The molecule has 132 valence electrons. The van der Waals surface area contributed by atoms with Crippen molar-refractivity contribution in [3.8, 4) is 5.75 Å². The van der Waals surface area contributed by atoms with Gasteiger partial charge in [-0.1, -0.05) is 12.1 Å². The molecule has 1 aliphatic rings. The van der Waals surface area contributed by atoms with Gasteiger partial charge < -0.3 is 15.0 Å². The van der Waals surface area contributed by atoms with Crippen molar-refractivity contribution in [2.75, 3.05) is 25.1 Å². The van der Waals surface area contributed by atoms with Gasteiger partial charge in [0, 0.05) is 37.4 Å². The number of anilines is 1. The number of ether oxygens (including phenoxy) is 1. The molecule has 0 atom stereocenters. The first-order valence-corrected chi connectivity index (χ1v) is 8.61. The van der Waals surface area contributed by atoms with E-state index in [1.165, 1.54) is 0 Å². The summed E-state index contributed by atoms with van der Waals surface area (Å²) in [5.74, 6) is 1.73. The molecule has 1 fully saturated rings. The number of rotatable bonds is 5. The molecule has 0 aliphatic carbocycles. The Balaban J connectivity index is 1.49. The predicted molar refractivity (Wildman–Crippen MR) is 96.5 cm³/mol. The highest BCUT2D eigenvalue weighted by atomic mass is 16.5. The zero-order chi connectivity index (χ0) is 17.6. The van der Waals surface area contributed by atoms with Crippen LogP contribution in [0.1, 0.15) is 24.1 Å². The minimum absolute atomic E-state index is 0.0478. The first-order chi connectivity index (χ1) is 12.2. The second kappa shape index (κ2) is 7.96. The van der Waals surface area contributed by atoms with Crippen molar-refractivity contribution in [1.29, 1.82) is 0 Å². The summed E-state index contributed by atoms with van der Waals surface area (Å²) in [6, 6.07) is 9.65. The van der Waals surface area contributed by atoms with Gasteiger partial charge in [0.15, 0.2) is 0 Å². The zero-order valence-corrected chi connectivity index (χ0v) is 14.7. The molecule has 0 spiro atoms. The molecule has 0 saturated carbocycles. The van der Waals surface area contributed by atoms with E-state index in [1.807, 2.05) is 37.3 Å². The van der Waals surface area contributed by atoms with Crippen molar-refractivity contribution in [2.24, 2.45) is 5.92 Å². The highest BCUT2D eigenvalue weighted by molar-refractivity contribution is 5.78. The number of benzene rings is 1. The number of piperidine rings is 1. The van der Waals surface area contributed by atoms with Gasteiger partial charge in [0.05, 0.1) is 7.11 Å². The van der Waals surface area contributed by atoms with Crippen LogP contribution in [-0.2, 0) is 11.3 Å². The largest absolute Gasteiger partial charge is 0.497 e. The molecule has 2 heterocycles. The number of nitrogens with zero attached hydrogens (tertiary/aromatic N) is 3. The Morgan fingerprint density at radius 2 is 2.12 bits per heavy atom. The van der Waals surface area contributed by atoms with Gasteiger partial charge in [-0.15, -0.1) is 0 Å². The molecule has 1 N–H and O–H groups in total. The van der Waals surface area contributed by atoms with Crippen molar-refractivity contribution in [3.05, 3.63) is 47.8 Å². The fourth-order valence-electron chi connectivity index (χ4n) is 3.05. The van der Waals surface area contributed by atoms with Crippen molar-refractivity contribution in [3.63, 3.8) is 0 Å². The van der Waals surface area contributed by atoms with Crippen LogP contribution in [0.3, 0.4) is 0 Å². The number of methoxy groups -OCH3 is 1. The molecule has 6 nitrogen and oxygen atoms in total. The lowest BCUT2D eigenvalue weighted by molar-refractivity contribution is -0.125. The molecule has 0 radical (unpaired) electrons. The molecule has 1 saturated heterocycles. The van der Waals surface area contributed by atoms with Crippen LogP contribution in [0, 0.1) is 12.8 Å². The zero-order valence-electron chi connectivity index (χ0n) is 14.7. The topological polar surface area (TPSA) is 67.3 Å². The Morgan fingerprint density at radius 1 is 1.32 bits per heavy atom. The van der Waals surface area contributed by atoms with Gasteiger partial charge in [0.25, 0.3) is 0 Å². The van der Waals surface area contributed by atoms with Crippen LogP contribution in [0.25, 0.3) is 0 Å². The van der Waals surface area contributed by atoms with Gasteiger partial charge >= 0.3 is 0 Å². The average molecular weight is 340 g/mol. The van der Waals surface area contributed by atoms with Gasteiger partial charge in [-0.3, -0.25) is 4.79 Å². The van der Waals surface area contributed by atoms with Crippen LogP contribution >= 0.6 is 0 Å². The van der Waals surface area contributed by atoms with E-state index in [-0.39, 0.29) is 11.8 Å². The maximum Gasteiger partial charge on any atom is 0.225 e. The summed E-state index contributed by atoms with van der Waals surface area (Å²) >= 11 is 0. The Bertz CT molecular complexity index is 727. The lowest BCUT2D eigenvalue weighted by atomic mass is 9.96. The monoisotopic (exact) mass is 340 g/mol. The van der Waals surface area contributed by atoms with Crippen LogP contribution < -0.4 is 15.0 Å². The van der Waals surface area contributed by atoms with Crippen molar-refractivity contribution < 1.29 is 9.53 Å². The smallest absolute Gasteiger partial charge is 0.225 e. The summed E-state index contributed by atoms with van der Waals surface area (Å²) in [7, 11) is 1.64. The predicted octanol–water partition coefficient (Wildman–Crippen LogP) is 2.33. The molecule has 1 aromatic carbocycles. The lowest BCUT2D eigenvalue weighted by Gasteiger charge is -2.31. The number of carbonyl (C=O) groups is 1. The van der Waals surface area contributed by atoms with Crippen LogP contribution in [0.5, 0.6) is 5.75 Å². The Kier molecular flexibility index (Phi) is 5.48. The molecular formula is C19H24N4O2. The van der Waals surface area contributed by atoms with Crippen LogP contribution in [0.2, 0.25) is 0 Å². The van der Waals surface area contributed by atoms with Crippen LogP contribution in [0.4, 0.5) is 5.95 Å². The number of hydrogen-bond donors (Lipinski definition) is 1. The third-order valence-corrected chi connectivity index (χ3v) is 4.53. The number of hydrogen-bond acceptors (Lipinski definition) is 5. The fourth-order valence-corrected chi connectivity index (χ4v) is 3.05. The molecule has 1 aromatic heterocycles. The number of carbonyl (C=O) groups excluding carboxylic acids is 1. The third-order valence-electron chi connectivity index (χ3n) is 4.53. The Morgan fingerprint density at radius 3 is 2.84 bits per heavy atom. The molecular weight excluding hydrogens is 316 g/mol. The van der Waals surface area contributed by atoms with Crippen LogP contribution in [0.15, 0.2) is 36.5 Å². The standard InChI is InChI=1S/C19H24N4O2/c1-14-6-9-20-19(22-14)23-10-7-16(8-11-23)18(24)21-13-15-4-3-5-17(12-15)25-2/h3-6,9,12,16H,7-8,10-11,13H2,1-2H3,(H,21,24). The number of nitrogens with one attached hydrogen (secondary N) is 1. The van der Waals surface area contributed by atoms with Crippen LogP contribution in [-0.4, -0.2) is 36.1 Å². The van der Waals surface area contributed by atoms with E-state index in [2.05, 4.69) is 20.2 Å². The molecule has 6 heteroatoms. The molecule has 25 heavy (non-hydrogen) atoms. The second-order valence-corrected chi connectivity index (χ2v) is 6.33. The number of amides is 1. The van der Waals surface area contributed by atoms with Crippen molar-refractivity contribution >= 4 is 11.9 Å². The second-order valence-electron chi connectivity index (χ2n) is 6.33. The molecule has 1 amide bonds. The van der Waals surface area contributed by atoms with E-state index in [9.17, 15) is 4.79 Å². The normalized spacial score (nSPS) is 15.0. The summed E-state index contributed by atoms with van der Waals surface area (Å²) < 4.78 is 5.21. The lowest BCUT2D eigenvalue weighted by Crippen LogP contribution is -2.41. The van der Waals surface area contributed by atoms with E-state index < -0.39 is 0 Å². The van der Waals surface area contributed by atoms with E-state index in [4.69, 9.17) is 4.74 Å². The van der Waals surface area contributed by atoms with Crippen molar-refractivity contribution in [1.82, 2.24) is 15.3 Å². The van der Waals surface area contributed by atoms with Gasteiger partial charge in [0.1, 0.15) is 5.75 Å². The highest BCUT2D eigenvalue weighted by Gasteiger charge is 2.25. The SMILES string of the molecule is COc1cccc(CNC(=O)C2CCN(c3nccc(C)n3)CC2)c1. The molecule has 2 aromatic rings. The third kappa shape index (κ3) is 4.47. The van der Waals surface area contributed by atoms with Gasteiger partial charge in [-0.25, -0.2) is 9.97 Å². The van der Waals surface area contributed by atoms with Gasteiger partial charge in [0.2, 0.25) is 11.9 Å². The summed E-state index contributed by atoms with van der Waals surface area (Å²) in [4.78, 5) is 23.4. The quantitative estimate of drug-likeness (QED) is 0.905. The summed E-state index contributed by atoms with van der Waals surface area (Å²) in [6.45, 7) is 4.10. The average Bonchev–Trinajstić information content (AvgIpc) is 2.66. The summed E-state index contributed by atoms with van der Waals surface area (Å²) in [5.41, 5.74) is 2.00. The maximum absolute atomic E-state index is 12.4. The molecule has 3 rings (SSSR count). The maximum atomic E-state index is 12.4. The Labute approximate surface area is 148 Å². The minimum Gasteiger partial charge on any atom is -0.497 e. The number of aryl methyl sites for hydroxylation is 1. The summed E-state index contributed by atoms with van der Waals surface area (Å²) in [6.07, 6.45) is 3.42. The van der Waals surface area contributed by atoms with E-state index >= 15 is 0 Å². The molecule has 0 unspecified atom stereocenters. The highest BCUT2D eigenvalue weighted by Crippen LogP contribution is 2.21. The Hall–Kier alpha value is -2.63. The van der Waals surface area contributed by atoms with E-state index in [1.54, 1.807) is 13.3 Å². The van der Waals surface area contributed by atoms with E-state index in [0.29, 0.717) is 6.54 Å². The van der Waals surface area contributed by atoms with Crippen molar-refractivity contribution in [2.45, 2.75) is 26.3 Å². The fraction of sp³-hybridized carbons (Fsp3) is 0.421. The molecule has 0 bridgehead atoms.